The van der Waals surface area contributed by atoms with Gasteiger partial charge in [-0.3, -0.25) is 0 Å². The molecule has 0 saturated heterocycles. The maximum Gasteiger partial charge on any atom is 0.416 e. The first kappa shape index (κ1) is 37.2. The molecule has 0 aliphatic heterocycles. The van der Waals surface area contributed by atoms with Gasteiger partial charge in [-0.2, -0.15) is 44.4 Å². The van der Waals surface area contributed by atoms with Gasteiger partial charge in [0.15, 0.2) is 0 Å². The lowest BCUT2D eigenvalue weighted by Gasteiger charge is -2.11. The van der Waals surface area contributed by atoms with Crippen molar-refractivity contribution in [3.8, 4) is 22.8 Å². The van der Waals surface area contributed by atoms with Crippen LogP contribution in [0.5, 0.6) is 0 Å². The number of tetrazole rings is 2. The molecule has 6 rings (SSSR count). The summed E-state index contributed by atoms with van der Waals surface area (Å²) in [5, 5.41) is 23.3. The summed E-state index contributed by atoms with van der Waals surface area (Å²) in [6.45, 7) is 0. The fourth-order valence-corrected chi connectivity index (χ4v) is 5.77. The second-order valence-electron chi connectivity index (χ2n) is 11.0. The quantitative estimate of drug-likeness (QED) is 0.121. The molecule has 0 amide bonds. The Bertz CT molecular complexity index is 2290. The second kappa shape index (κ2) is 14.7. The van der Waals surface area contributed by atoms with Gasteiger partial charge in [-0.15, -0.1) is 24.3 Å². The average Bonchev–Trinajstić information content (AvgIpc) is 3.69. The molecule has 51 heavy (non-hydrogen) atoms. The fourth-order valence-electron chi connectivity index (χ4n) is 4.92. The molecular weight excluding hydrogens is 773 g/mol. The predicted octanol–water partition coefficient (Wildman–Crippen LogP) is 7.39. The Balaban J connectivity index is 0.000000199. The van der Waals surface area contributed by atoms with Crippen LogP contribution in [0.15, 0.2) is 94.3 Å². The van der Waals surface area contributed by atoms with E-state index in [2.05, 4.69) is 46.8 Å². The van der Waals surface area contributed by atoms with Crippen molar-refractivity contribution >= 4 is 26.2 Å². The molecule has 0 unspecified atom stereocenters. The number of hydrogen-bond acceptors (Lipinski definition) is 8. The van der Waals surface area contributed by atoms with Crippen LogP contribution in [0.4, 0.5) is 30.2 Å². The molecule has 0 N–H and O–H groups in total. The Kier molecular flexibility index (Phi) is 10.7. The van der Waals surface area contributed by atoms with Crippen LogP contribution in [0, 0.1) is 0 Å². The second-order valence-corrected chi connectivity index (χ2v) is 13.3. The minimum atomic E-state index is -4.97. The summed E-state index contributed by atoms with van der Waals surface area (Å²) < 4.78 is 114. The lowest BCUT2D eigenvalue weighted by atomic mass is 9.98. The summed E-state index contributed by atoms with van der Waals surface area (Å²) in [4.78, 5) is 1.86. The van der Waals surface area contributed by atoms with Crippen LogP contribution < -0.4 is 0 Å². The Labute approximate surface area is 294 Å². The van der Waals surface area contributed by atoms with Crippen LogP contribution in [-0.2, 0) is 49.5 Å². The van der Waals surface area contributed by atoms with E-state index < -0.39 is 38.6 Å². The standard InChI is InChI=1S/C16H12BrF3N4.C16H12F4N4O2S/c1-24-22-15(21-23-24)14-9-13(17)6-5-11(14)7-10-3-2-4-12(8-10)16(18,19)20;1-24-22-15(21-23-24)14-9-13(27(20,25)26)6-5-11(14)7-10-3-2-4-12(8-10)16(17,18)19/h2-6,8-9H,7H2,1H3;2-6,8-9H,7H2,1H3. The molecule has 0 fully saturated rings. The largest absolute Gasteiger partial charge is 0.416 e. The Morgan fingerprint density at radius 2 is 1.10 bits per heavy atom. The number of benzene rings is 4. The minimum Gasteiger partial charge on any atom is -0.189 e. The fraction of sp³-hybridized carbons (Fsp3) is 0.188. The maximum absolute atomic E-state index is 13.4. The topological polar surface area (TPSA) is 121 Å². The molecule has 0 bridgehead atoms. The molecule has 4 aromatic carbocycles. The number of aromatic nitrogens is 8. The van der Waals surface area contributed by atoms with Gasteiger partial charge in [-0.05, 0) is 81.9 Å². The van der Waals surface area contributed by atoms with E-state index in [0.717, 1.165) is 56.8 Å². The minimum absolute atomic E-state index is 0.0319. The van der Waals surface area contributed by atoms with Crippen LogP contribution >= 0.6 is 15.9 Å². The first-order valence-electron chi connectivity index (χ1n) is 14.5. The van der Waals surface area contributed by atoms with E-state index in [1.54, 1.807) is 13.1 Å². The van der Waals surface area contributed by atoms with Crippen molar-refractivity contribution in [1.29, 1.82) is 0 Å². The molecule has 2 heterocycles. The van der Waals surface area contributed by atoms with Crippen molar-refractivity contribution in [2.75, 3.05) is 0 Å². The van der Waals surface area contributed by atoms with Gasteiger partial charge < -0.3 is 0 Å². The van der Waals surface area contributed by atoms with Crippen molar-refractivity contribution in [2.24, 2.45) is 14.1 Å². The van der Waals surface area contributed by atoms with Crippen LogP contribution in [0.2, 0.25) is 0 Å². The van der Waals surface area contributed by atoms with Crippen LogP contribution in [0.1, 0.15) is 33.4 Å². The van der Waals surface area contributed by atoms with Gasteiger partial charge in [0.1, 0.15) is 0 Å². The summed E-state index contributed by atoms with van der Waals surface area (Å²) in [7, 11) is -1.84. The summed E-state index contributed by atoms with van der Waals surface area (Å²) in [6.07, 6.45) is -8.47. The molecule has 0 radical (unpaired) electrons. The normalized spacial score (nSPS) is 12.0. The van der Waals surface area contributed by atoms with E-state index in [1.807, 2.05) is 18.2 Å². The smallest absolute Gasteiger partial charge is 0.189 e. The van der Waals surface area contributed by atoms with E-state index in [4.69, 9.17) is 0 Å². The zero-order valence-corrected chi connectivity index (χ0v) is 28.7. The van der Waals surface area contributed by atoms with Gasteiger partial charge in [0, 0.05) is 15.6 Å². The molecule has 266 valence electrons. The highest BCUT2D eigenvalue weighted by molar-refractivity contribution is 9.10. The number of rotatable bonds is 7. The summed E-state index contributed by atoms with van der Waals surface area (Å²) in [6, 6.07) is 18.9. The van der Waals surface area contributed by atoms with Crippen molar-refractivity contribution in [2.45, 2.75) is 30.1 Å². The first-order valence-corrected chi connectivity index (χ1v) is 16.7. The molecule has 19 heteroatoms. The molecular formula is C32H24BrF7N8O2S. The van der Waals surface area contributed by atoms with Crippen molar-refractivity contribution in [3.63, 3.8) is 0 Å². The van der Waals surface area contributed by atoms with E-state index in [1.165, 1.54) is 36.1 Å². The van der Waals surface area contributed by atoms with Crippen LogP contribution in [-0.4, -0.2) is 48.8 Å². The van der Waals surface area contributed by atoms with Gasteiger partial charge >= 0.3 is 22.6 Å². The molecule has 2 aromatic heterocycles. The van der Waals surface area contributed by atoms with Crippen molar-refractivity contribution < 1.29 is 38.6 Å². The predicted molar refractivity (Wildman–Crippen MR) is 173 cm³/mol. The number of halogens is 8. The van der Waals surface area contributed by atoms with Gasteiger partial charge in [-0.1, -0.05) is 64.5 Å². The third-order valence-electron chi connectivity index (χ3n) is 7.23. The molecule has 10 nitrogen and oxygen atoms in total. The SMILES string of the molecule is Cn1nnc(-c2cc(Br)ccc2Cc2cccc(C(F)(F)F)c2)n1.Cn1nnc(-c2cc(S(=O)(=O)F)ccc2Cc2cccc(C(F)(F)F)c2)n1. The van der Waals surface area contributed by atoms with E-state index in [9.17, 15) is 38.6 Å². The molecule has 6 aromatic rings. The van der Waals surface area contributed by atoms with Gasteiger partial charge in [-0.25, -0.2) is 0 Å². The highest BCUT2D eigenvalue weighted by Crippen LogP contribution is 2.33. The summed E-state index contributed by atoms with van der Waals surface area (Å²) in [5.41, 5.74) is 1.59. The molecule has 0 saturated carbocycles. The van der Waals surface area contributed by atoms with Crippen molar-refractivity contribution in [3.05, 3.63) is 123 Å². The summed E-state index contributed by atoms with van der Waals surface area (Å²) >= 11 is 3.39. The zero-order valence-electron chi connectivity index (χ0n) is 26.3. The molecule has 0 atom stereocenters. The summed E-state index contributed by atoms with van der Waals surface area (Å²) in [5.74, 6) is 0.464. The first-order chi connectivity index (χ1) is 23.9. The van der Waals surface area contributed by atoms with E-state index in [-0.39, 0.29) is 17.8 Å². The molecule has 0 aliphatic carbocycles. The van der Waals surface area contributed by atoms with Gasteiger partial charge in [0.2, 0.25) is 11.6 Å². The number of aryl methyl sites for hydroxylation is 2. The van der Waals surface area contributed by atoms with E-state index >= 15 is 0 Å². The monoisotopic (exact) mass is 796 g/mol. The Morgan fingerprint density at radius 1 is 0.647 bits per heavy atom. The number of alkyl halides is 6. The molecule has 0 spiro atoms. The number of nitrogens with zero attached hydrogens (tertiary/aromatic N) is 8. The number of hydrogen-bond donors (Lipinski definition) is 0. The van der Waals surface area contributed by atoms with Gasteiger partial charge in [0.25, 0.3) is 0 Å². The maximum atomic E-state index is 13.4. The van der Waals surface area contributed by atoms with Crippen LogP contribution in [0.3, 0.4) is 0 Å². The third kappa shape index (κ3) is 9.60. The highest BCUT2D eigenvalue weighted by atomic mass is 79.9. The van der Waals surface area contributed by atoms with E-state index in [0.29, 0.717) is 28.9 Å². The lowest BCUT2D eigenvalue weighted by molar-refractivity contribution is -0.138. The lowest BCUT2D eigenvalue weighted by Crippen LogP contribution is -2.05. The average molecular weight is 798 g/mol. The Hall–Kier alpha value is -5.04. The Morgan fingerprint density at radius 3 is 1.51 bits per heavy atom. The zero-order chi connectivity index (χ0) is 37.1. The van der Waals surface area contributed by atoms with Crippen LogP contribution in [0.25, 0.3) is 22.8 Å². The highest BCUT2D eigenvalue weighted by Gasteiger charge is 2.31. The molecule has 0 aliphatic rings. The van der Waals surface area contributed by atoms with Gasteiger partial charge in [0.05, 0.1) is 30.1 Å². The third-order valence-corrected chi connectivity index (χ3v) is 8.54. The van der Waals surface area contributed by atoms with Crippen molar-refractivity contribution in [1.82, 2.24) is 40.4 Å².